The van der Waals surface area contributed by atoms with Crippen molar-refractivity contribution in [3.05, 3.63) is 63.1 Å². The van der Waals surface area contributed by atoms with Gasteiger partial charge in [0.05, 0.1) is 17.0 Å². The Kier molecular flexibility index (Phi) is 9.84. The predicted molar refractivity (Wildman–Crippen MR) is 133 cm³/mol. The van der Waals surface area contributed by atoms with Crippen molar-refractivity contribution in [1.29, 1.82) is 0 Å². The molecule has 0 saturated heterocycles. The number of hydrogen-bond donors (Lipinski definition) is 1. The number of carbonyl (C=O) groups excluding carboxylic acids is 2. The van der Waals surface area contributed by atoms with Gasteiger partial charge in [0, 0.05) is 36.6 Å². The number of amides is 2. The molecule has 1 N–H and O–H groups in total. The fraction of sp³-hybridized carbons (Fsp3) is 0.364. The lowest BCUT2D eigenvalue weighted by Gasteiger charge is -2.29. The van der Waals surface area contributed by atoms with Crippen LogP contribution in [0.15, 0.2) is 42.5 Å². The molecule has 1 atom stereocenters. The Bertz CT molecular complexity index is 1110. The van der Waals surface area contributed by atoms with Gasteiger partial charge in [-0.25, -0.2) is 8.42 Å². The van der Waals surface area contributed by atoms with E-state index in [1.807, 2.05) is 6.07 Å². The van der Waals surface area contributed by atoms with E-state index in [4.69, 9.17) is 34.8 Å². The van der Waals surface area contributed by atoms with Gasteiger partial charge in [-0.05, 0) is 49.2 Å². The third kappa shape index (κ3) is 7.78. The minimum absolute atomic E-state index is 0.0179. The Hall–Kier alpha value is -2.00. The lowest BCUT2D eigenvalue weighted by atomic mass is 10.1. The van der Waals surface area contributed by atoms with Gasteiger partial charge in [-0.3, -0.25) is 13.9 Å². The van der Waals surface area contributed by atoms with E-state index in [9.17, 15) is 18.0 Å². The Morgan fingerprint density at radius 1 is 1.06 bits per heavy atom. The first kappa shape index (κ1) is 27.2. The minimum atomic E-state index is -3.68. The Labute approximate surface area is 209 Å². The van der Waals surface area contributed by atoms with E-state index in [2.05, 4.69) is 5.32 Å². The third-order valence-corrected chi connectivity index (χ3v) is 6.95. The first-order valence-corrected chi connectivity index (χ1v) is 13.1. The van der Waals surface area contributed by atoms with Crippen molar-refractivity contribution in [2.45, 2.75) is 32.4 Å². The van der Waals surface area contributed by atoms with E-state index in [1.165, 1.54) is 24.1 Å². The number of carbonyl (C=O) groups is 2. The van der Waals surface area contributed by atoms with E-state index in [1.54, 1.807) is 31.2 Å². The first-order chi connectivity index (χ1) is 15.4. The summed E-state index contributed by atoms with van der Waals surface area (Å²) in [6.07, 6.45) is 1.29. The highest BCUT2D eigenvalue weighted by Crippen LogP contribution is 2.31. The molecule has 0 heterocycles. The van der Waals surface area contributed by atoms with Crippen molar-refractivity contribution >= 4 is 62.3 Å². The molecular formula is C22H26Cl3N3O4S. The maximum atomic E-state index is 13.1. The zero-order chi connectivity index (χ0) is 24.8. The number of sulfonamides is 1. The van der Waals surface area contributed by atoms with Crippen molar-refractivity contribution < 1.29 is 18.0 Å². The second-order valence-corrected chi connectivity index (χ2v) is 10.7. The highest BCUT2D eigenvalue weighted by atomic mass is 35.5. The van der Waals surface area contributed by atoms with Gasteiger partial charge in [-0.2, -0.15) is 0 Å². The molecule has 2 aromatic rings. The monoisotopic (exact) mass is 533 g/mol. The number of halogens is 3. The van der Waals surface area contributed by atoms with Crippen LogP contribution in [0.1, 0.15) is 25.3 Å². The summed E-state index contributed by atoms with van der Waals surface area (Å²) in [5.41, 5.74) is 1.02. The number of hydrogen-bond acceptors (Lipinski definition) is 4. The summed E-state index contributed by atoms with van der Waals surface area (Å²) >= 11 is 18.3. The molecule has 7 nitrogen and oxygen atoms in total. The highest BCUT2D eigenvalue weighted by molar-refractivity contribution is 7.92. The normalized spacial score (nSPS) is 12.2. The van der Waals surface area contributed by atoms with Gasteiger partial charge in [0.25, 0.3) is 0 Å². The molecule has 0 radical (unpaired) electrons. The van der Waals surface area contributed by atoms with Gasteiger partial charge in [-0.15, -0.1) is 0 Å². The summed E-state index contributed by atoms with van der Waals surface area (Å²) in [5.74, 6) is -0.606. The number of rotatable bonds is 10. The standard InChI is InChI=1S/C22H26Cl3N3O4S/c1-15(22(30)26-2)27(14-16-6-4-7-17(23)12-16)21(29)8-5-11-28(33(3,31)32)20-13-18(24)9-10-19(20)25/h4,6-7,9-10,12-13,15H,5,8,11,14H2,1-3H3,(H,26,30)/t15-/m1/s1. The average Bonchev–Trinajstić information content (AvgIpc) is 2.75. The van der Waals surface area contributed by atoms with Gasteiger partial charge in [0.1, 0.15) is 6.04 Å². The molecule has 0 aliphatic rings. The van der Waals surface area contributed by atoms with E-state index < -0.39 is 16.1 Å². The molecule has 180 valence electrons. The van der Waals surface area contributed by atoms with Crippen LogP contribution >= 0.6 is 34.8 Å². The molecule has 2 aromatic carbocycles. The predicted octanol–water partition coefficient (Wildman–Crippen LogP) is 4.36. The Morgan fingerprint density at radius 2 is 1.73 bits per heavy atom. The number of anilines is 1. The molecule has 33 heavy (non-hydrogen) atoms. The van der Waals surface area contributed by atoms with Crippen LogP contribution in [0, 0.1) is 0 Å². The maximum Gasteiger partial charge on any atom is 0.242 e. The van der Waals surface area contributed by atoms with Crippen LogP contribution in [0.2, 0.25) is 15.1 Å². The fourth-order valence-corrected chi connectivity index (χ4v) is 4.90. The zero-order valence-electron chi connectivity index (χ0n) is 18.5. The van der Waals surface area contributed by atoms with E-state index >= 15 is 0 Å². The summed E-state index contributed by atoms with van der Waals surface area (Å²) in [5, 5.41) is 3.64. The molecule has 11 heteroatoms. The second kappa shape index (κ2) is 11.9. The average molecular weight is 535 g/mol. The molecule has 0 fully saturated rings. The van der Waals surface area contributed by atoms with Crippen LogP contribution in [0.5, 0.6) is 0 Å². The quantitative estimate of drug-likeness (QED) is 0.491. The number of benzene rings is 2. The maximum absolute atomic E-state index is 13.1. The van der Waals surface area contributed by atoms with E-state index in [0.29, 0.717) is 10.0 Å². The summed E-state index contributed by atoms with van der Waals surface area (Å²) in [6.45, 7) is 1.84. The topological polar surface area (TPSA) is 86.8 Å². The largest absolute Gasteiger partial charge is 0.357 e. The summed E-state index contributed by atoms with van der Waals surface area (Å²) in [4.78, 5) is 26.8. The smallest absolute Gasteiger partial charge is 0.242 e. The first-order valence-electron chi connectivity index (χ1n) is 10.1. The third-order valence-electron chi connectivity index (χ3n) is 4.98. The number of nitrogens with zero attached hydrogens (tertiary/aromatic N) is 2. The molecule has 0 unspecified atom stereocenters. The highest BCUT2D eigenvalue weighted by Gasteiger charge is 2.26. The van der Waals surface area contributed by atoms with Gasteiger partial charge >= 0.3 is 0 Å². The van der Waals surface area contributed by atoms with Crippen LogP contribution in [0.3, 0.4) is 0 Å². The molecule has 0 aromatic heterocycles. The van der Waals surface area contributed by atoms with Crippen LogP contribution < -0.4 is 9.62 Å². The molecule has 0 aliphatic carbocycles. The van der Waals surface area contributed by atoms with Crippen LogP contribution in [0.4, 0.5) is 5.69 Å². The second-order valence-electron chi connectivity index (χ2n) is 7.48. The molecular weight excluding hydrogens is 509 g/mol. The van der Waals surface area contributed by atoms with Gasteiger partial charge in [0.2, 0.25) is 21.8 Å². The van der Waals surface area contributed by atoms with E-state index in [0.717, 1.165) is 16.1 Å². The molecule has 2 rings (SSSR count). The molecule has 0 spiro atoms. The van der Waals surface area contributed by atoms with Gasteiger partial charge in [0.15, 0.2) is 0 Å². The van der Waals surface area contributed by atoms with Crippen LogP contribution in [0.25, 0.3) is 0 Å². The lowest BCUT2D eigenvalue weighted by molar-refractivity contribution is -0.140. The molecule has 2 amide bonds. The Morgan fingerprint density at radius 3 is 2.33 bits per heavy atom. The zero-order valence-corrected chi connectivity index (χ0v) is 21.6. The lowest BCUT2D eigenvalue weighted by Crippen LogP contribution is -2.46. The fourth-order valence-electron chi connectivity index (χ4n) is 3.28. The van der Waals surface area contributed by atoms with Gasteiger partial charge in [-0.1, -0.05) is 46.9 Å². The SMILES string of the molecule is CNC(=O)[C@@H](C)N(Cc1cccc(Cl)c1)C(=O)CCCN(c1cc(Cl)ccc1Cl)S(C)(=O)=O. The van der Waals surface area contributed by atoms with E-state index in [-0.39, 0.29) is 48.5 Å². The van der Waals surface area contributed by atoms with Crippen LogP contribution in [-0.4, -0.2) is 51.0 Å². The van der Waals surface area contributed by atoms with Crippen molar-refractivity contribution in [1.82, 2.24) is 10.2 Å². The summed E-state index contributed by atoms with van der Waals surface area (Å²) in [7, 11) is -2.18. The molecule has 0 saturated carbocycles. The Balaban J connectivity index is 2.18. The summed E-state index contributed by atoms with van der Waals surface area (Å²) < 4.78 is 25.9. The van der Waals surface area contributed by atoms with Gasteiger partial charge < -0.3 is 10.2 Å². The molecule has 0 bridgehead atoms. The number of likely N-dealkylation sites (N-methyl/N-ethyl adjacent to an activating group) is 1. The van der Waals surface area contributed by atoms with Crippen molar-refractivity contribution in [2.24, 2.45) is 0 Å². The van der Waals surface area contributed by atoms with Crippen molar-refractivity contribution in [3.8, 4) is 0 Å². The van der Waals surface area contributed by atoms with Crippen LogP contribution in [-0.2, 0) is 26.2 Å². The summed E-state index contributed by atoms with van der Waals surface area (Å²) in [6, 6.07) is 10.8. The number of nitrogens with one attached hydrogen (secondary N) is 1. The molecule has 0 aliphatic heterocycles. The van der Waals surface area contributed by atoms with Crippen molar-refractivity contribution in [3.63, 3.8) is 0 Å². The van der Waals surface area contributed by atoms with Crippen molar-refractivity contribution in [2.75, 3.05) is 24.2 Å². The minimum Gasteiger partial charge on any atom is -0.357 e.